The Morgan fingerprint density at radius 1 is 0.893 bits per heavy atom. The summed E-state index contributed by atoms with van der Waals surface area (Å²) < 4.78 is 0. The maximum atomic E-state index is 13.2. The molecule has 1 unspecified atom stereocenters. The number of carboxylic acid groups (broad SMARTS) is 1. The van der Waals surface area contributed by atoms with Crippen molar-refractivity contribution >= 4 is 17.9 Å². The van der Waals surface area contributed by atoms with E-state index < -0.39 is 12.0 Å². The Balaban J connectivity index is 1.42. The third-order valence-electron chi connectivity index (χ3n) is 6.29. The molecule has 1 atom stereocenters. The van der Waals surface area contributed by atoms with Crippen molar-refractivity contribution in [3.63, 3.8) is 0 Å². The zero-order valence-electron chi connectivity index (χ0n) is 16.0. The van der Waals surface area contributed by atoms with Crippen LogP contribution in [-0.2, 0) is 16.0 Å². The van der Waals surface area contributed by atoms with Gasteiger partial charge in [0.05, 0.1) is 0 Å². The number of carboxylic acids is 1. The van der Waals surface area contributed by atoms with E-state index in [0.717, 1.165) is 37.1 Å². The van der Waals surface area contributed by atoms with Gasteiger partial charge in [-0.3, -0.25) is 4.79 Å². The number of likely N-dealkylation sites (tertiary alicyclic amines) is 2. The van der Waals surface area contributed by atoms with Crippen molar-refractivity contribution in [2.75, 3.05) is 32.7 Å². The molecule has 3 heterocycles. The number of carbonyl (C=O) groups is 3. The number of nitrogens with zero attached hydrogens (tertiary/aromatic N) is 3. The van der Waals surface area contributed by atoms with E-state index in [9.17, 15) is 19.5 Å². The smallest absolute Gasteiger partial charge is 0.331 e. The van der Waals surface area contributed by atoms with Crippen molar-refractivity contribution in [1.29, 1.82) is 0 Å². The SMILES string of the molecule is O=C(O)C1c2ccccc2CCN1C(=O)C1CCN(C(=O)N2CCCC2)CC1. The lowest BCUT2D eigenvalue weighted by atomic mass is 9.89. The molecule has 1 N–H and O–H groups in total. The molecule has 3 aliphatic rings. The number of hydrogen-bond donors (Lipinski definition) is 1. The van der Waals surface area contributed by atoms with Gasteiger partial charge in [-0.15, -0.1) is 0 Å². The molecule has 0 aromatic heterocycles. The summed E-state index contributed by atoms with van der Waals surface area (Å²) in [6.45, 7) is 3.21. The summed E-state index contributed by atoms with van der Waals surface area (Å²) in [4.78, 5) is 42.9. The Kier molecular flexibility index (Phi) is 5.24. The fourth-order valence-electron chi connectivity index (χ4n) is 4.73. The van der Waals surface area contributed by atoms with Crippen molar-refractivity contribution in [1.82, 2.24) is 14.7 Å². The second-order valence-electron chi connectivity index (χ2n) is 7.96. The van der Waals surface area contributed by atoms with Crippen LogP contribution in [0.25, 0.3) is 0 Å². The van der Waals surface area contributed by atoms with E-state index in [4.69, 9.17) is 0 Å². The van der Waals surface area contributed by atoms with Gasteiger partial charge in [-0.25, -0.2) is 9.59 Å². The van der Waals surface area contributed by atoms with E-state index in [-0.39, 0.29) is 17.9 Å². The fraction of sp³-hybridized carbons (Fsp3) is 0.571. The Morgan fingerprint density at radius 2 is 1.54 bits per heavy atom. The molecule has 2 saturated heterocycles. The van der Waals surface area contributed by atoms with E-state index in [1.807, 2.05) is 34.1 Å². The van der Waals surface area contributed by atoms with Gasteiger partial charge < -0.3 is 19.8 Å². The summed E-state index contributed by atoms with van der Waals surface area (Å²) in [5.41, 5.74) is 1.72. The summed E-state index contributed by atoms with van der Waals surface area (Å²) in [6.07, 6.45) is 4.01. The summed E-state index contributed by atoms with van der Waals surface area (Å²) in [7, 11) is 0. The minimum atomic E-state index is -0.984. The largest absolute Gasteiger partial charge is 0.479 e. The highest BCUT2D eigenvalue weighted by atomic mass is 16.4. The van der Waals surface area contributed by atoms with Crippen LogP contribution in [-0.4, -0.2) is 70.4 Å². The Morgan fingerprint density at radius 3 is 2.21 bits per heavy atom. The van der Waals surface area contributed by atoms with Crippen LogP contribution in [0, 0.1) is 5.92 Å². The van der Waals surface area contributed by atoms with Crippen molar-refractivity contribution in [3.05, 3.63) is 35.4 Å². The molecule has 0 radical (unpaired) electrons. The Labute approximate surface area is 164 Å². The molecule has 7 heteroatoms. The molecule has 2 fully saturated rings. The first-order chi connectivity index (χ1) is 13.6. The van der Waals surface area contributed by atoms with Gasteiger partial charge >= 0.3 is 12.0 Å². The van der Waals surface area contributed by atoms with Crippen LogP contribution in [0.15, 0.2) is 24.3 Å². The van der Waals surface area contributed by atoms with Crippen LogP contribution in [0.5, 0.6) is 0 Å². The number of rotatable bonds is 2. The lowest BCUT2D eigenvalue weighted by Crippen LogP contribution is -2.50. The van der Waals surface area contributed by atoms with Crippen molar-refractivity contribution < 1.29 is 19.5 Å². The maximum Gasteiger partial charge on any atom is 0.331 e. The van der Waals surface area contributed by atoms with Crippen LogP contribution < -0.4 is 0 Å². The number of amides is 3. The average molecular weight is 385 g/mol. The minimum absolute atomic E-state index is 0.0821. The zero-order chi connectivity index (χ0) is 19.7. The van der Waals surface area contributed by atoms with Gasteiger partial charge in [0.25, 0.3) is 0 Å². The van der Waals surface area contributed by atoms with Crippen LogP contribution in [0.3, 0.4) is 0 Å². The molecular weight excluding hydrogens is 358 g/mol. The predicted molar refractivity (Wildman–Crippen MR) is 103 cm³/mol. The van der Waals surface area contributed by atoms with Gasteiger partial charge in [0.2, 0.25) is 5.91 Å². The number of aliphatic carboxylic acids is 1. The number of piperidine rings is 1. The summed E-state index contributed by atoms with van der Waals surface area (Å²) in [5, 5.41) is 9.79. The minimum Gasteiger partial charge on any atom is -0.479 e. The first kappa shape index (κ1) is 18.8. The summed E-state index contributed by atoms with van der Waals surface area (Å²) >= 11 is 0. The lowest BCUT2D eigenvalue weighted by Gasteiger charge is -2.39. The molecule has 1 aromatic rings. The van der Waals surface area contributed by atoms with E-state index in [2.05, 4.69) is 0 Å². The first-order valence-electron chi connectivity index (χ1n) is 10.2. The van der Waals surface area contributed by atoms with Crippen molar-refractivity contribution in [3.8, 4) is 0 Å². The third kappa shape index (κ3) is 3.45. The average Bonchev–Trinajstić information content (AvgIpc) is 3.26. The molecule has 28 heavy (non-hydrogen) atoms. The van der Waals surface area contributed by atoms with Crippen LogP contribution >= 0.6 is 0 Å². The molecule has 7 nitrogen and oxygen atoms in total. The van der Waals surface area contributed by atoms with E-state index in [1.54, 1.807) is 0 Å². The highest BCUT2D eigenvalue weighted by Crippen LogP contribution is 2.33. The molecule has 0 spiro atoms. The van der Waals surface area contributed by atoms with Crippen LogP contribution in [0.1, 0.15) is 42.9 Å². The van der Waals surface area contributed by atoms with Crippen LogP contribution in [0.2, 0.25) is 0 Å². The van der Waals surface area contributed by atoms with Crippen molar-refractivity contribution in [2.45, 2.75) is 38.1 Å². The highest BCUT2D eigenvalue weighted by Gasteiger charge is 2.39. The molecule has 3 amide bonds. The first-order valence-corrected chi connectivity index (χ1v) is 10.2. The van der Waals surface area contributed by atoms with Gasteiger partial charge in [0.15, 0.2) is 6.04 Å². The van der Waals surface area contributed by atoms with E-state index >= 15 is 0 Å². The predicted octanol–water partition coefficient (Wildman–Crippen LogP) is 2.12. The normalized spacial score (nSPS) is 22.9. The number of hydrogen-bond acceptors (Lipinski definition) is 3. The number of urea groups is 1. The van der Waals surface area contributed by atoms with Crippen molar-refractivity contribution in [2.24, 2.45) is 5.92 Å². The monoisotopic (exact) mass is 385 g/mol. The van der Waals surface area contributed by atoms with E-state index in [0.29, 0.717) is 38.9 Å². The molecule has 1 aromatic carbocycles. The van der Waals surface area contributed by atoms with Gasteiger partial charge in [-0.05, 0) is 43.2 Å². The lowest BCUT2D eigenvalue weighted by molar-refractivity contribution is -0.153. The fourth-order valence-corrected chi connectivity index (χ4v) is 4.73. The van der Waals surface area contributed by atoms with Crippen LogP contribution in [0.4, 0.5) is 4.79 Å². The standard InChI is InChI=1S/C21H27N3O4/c25-19(16-7-12-23(13-8-16)21(28)22-10-3-4-11-22)24-14-9-15-5-1-2-6-17(15)18(24)20(26)27/h1-2,5-6,16,18H,3-4,7-14H2,(H,26,27). The third-order valence-corrected chi connectivity index (χ3v) is 6.29. The number of carbonyl (C=O) groups excluding carboxylic acids is 2. The van der Waals surface area contributed by atoms with E-state index in [1.165, 1.54) is 4.90 Å². The van der Waals surface area contributed by atoms with Gasteiger partial charge in [0.1, 0.15) is 0 Å². The molecule has 0 saturated carbocycles. The second-order valence-corrected chi connectivity index (χ2v) is 7.96. The number of fused-ring (bicyclic) bond motifs is 1. The quantitative estimate of drug-likeness (QED) is 0.846. The van der Waals surface area contributed by atoms with Gasteiger partial charge in [0, 0.05) is 38.6 Å². The maximum absolute atomic E-state index is 13.2. The van der Waals surface area contributed by atoms with Gasteiger partial charge in [-0.2, -0.15) is 0 Å². The topological polar surface area (TPSA) is 81.2 Å². The highest BCUT2D eigenvalue weighted by molar-refractivity contribution is 5.87. The molecule has 150 valence electrons. The molecule has 0 aliphatic carbocycles. The Bertz CT molecular complexity index is 767. The van der Waals surface area contributed by atoms with Gasteiger partial charge in [-0.1, -0.05) is 24.3 Å². The summed E-state index contributed by atoms with van der Waals surface area (Å²) in [5.74, 6) is -1.29. The number of benzene rings is 1. The molecule has 3 aliphatic heterocycles. The zero-order valence-corrected chi connectivity index (χ0v) is 16.0. The molecule has 4 rings (SSSR count). The second kappa shape index (κ2) is 7.81. The molecular formula is C21H27N3O4. The molecule has 0 bridgehead atoms. The Hall–Kier alpha value is -2.57. The summed E-state index contributed by atoms with van der Waals surface area (Å²) in [6, 6.07) is 6.65.